The van der Waals surface area contributed by atoms with E-state index >= 15 is 0 Å². The molecule has 0 radical (unpaired) electrons. The van der Waals surface area contributed by atoms with Crippen LogP contribution < -0.4 is 20.1 Å². The van der Waals surface area contributed by atoms with E-state index in [2.05, 4.69) is 0 Å². The molecule has 5 rings (SSSR count). The van der Waals surface area contributed by atoms with Crippen molar-refractivity contribution in [3.8, 4) is 17.2 Å². The summed E-state index contributed by atoms with van der Waals surface area (Å²) >= 11 is 0.926. The first kappa shape index (κ1) is 21.8. The van der Waals surface area contributed by atoms with Crippen LogP contribution >= 0.6 is 11.8 Å². The van der Waals surface area contributed by atoms with Crippen molar-refractivity contribution in [3.05, 3.63) is 58.1 Å². The van der Waals surface area contributed by atoms with E-state index in [1.165, 1.54) is 44.6 Å². The summed E-state index contributed by atoms with van der Waals surface area (Å²) < 4.78 is 15.4. The number of thioether (sulfide) groups is 1. The van der Waals surface area contributed by atoms with E-state index in [-0.39, 0.29) is 39.1 Å². The third-order valence-electron chi connectivity index (χ3n) is 6.08. The Morgan fingerprint density at radius 2 is 1.88 bits per heavy atom. The molecule has 0 saturated carbocycles. The maximum absolute atomic E-state index is 13.8. The molecule has 3 atom stereocenters. The summed E-state index contributed by atoms with van der Waals surface area (Å²) in [7, 11) is 2.60. The van der Waals surface area contributed by atoms with Gasteiger partial charge in [-0.1, -0.05) is 17.8 Å². The van der Waals surface area contributed by atoms with Crippen molar-refractivity contribution in [1.82, 2.24) is 0 Å². The second-order valence-corrected chi connectivity index (χ2v) is 9.00. The molecule has 1 fully saturated rings. The largest absolute Gasteiger partial charge is 0.508 e. The molecule has 2 amide bonds. The van der Waals surface area contributed by atoms with E-state index in [1.54, 1.807) is 6.07 Å². The van der Waals surface area contributed by atoms with Gasteiger partial charge < -0.3 is 25.1 Å². The van der Waals surface area contributed by atoms with Gasteiger partial charge in [0.1, 0.15) is 22.5 Å². The zero-order chi connectivity index (χ0) is 24.3. The average molecular weight is 482 g/mol. The number of esters is 2. The van der Waals surface area contributed by atoms with Gasteiger partial charge in [0.15, 0.2) is 0 Å². The molecule has 10 nitrogen and oxygen atoms in total. The number of fused-ring (bicyclic) bond motifs is 5. The highest BCUT2D eigenvalue weighted by Crippen LogP contribution is 2.55. The van der Waals surface area contributed by atoms with Crippen molar-refractivity contribution in [2.45, 2.75) is 11.2 Å². The van der Waals surface area contributed by atoms with Crippen molar-refractivity contribution in [2.24, 2.45) is 11.7 Å². The molecule has 1 saturated heterocycles. The number of carbonyl (C=O) groups excluding carboxylic acids is 4. The zero-order valence-electron chi connectivity index (χ0n) is 17.9. The molecular weight excluding hydrogens is 464 g/mol. The van der Waals surface area contributed by atoms with Crippen LogP contribution in [0.4, 0.5) is 5.69 Å². The third kappa shape index (κ3) is 3.04. The minimum Gasteiger partial charge on any atom is -0.508 e. The maximum atomic E-state index is 13.8. The predicted molar refractivity (Wildman–Crippen MR) is 119 cm³/mol. The minimum atomic E-state index is -0.970. The number of phenolic OH excluding ortho intramolecular Hbond substituents is 1. The smallest absolute Gasteiger partial charge is 0.342 e. The third-order valence-corrected chi connectivity index (χ3v) is 7.30. The predicted octanol–water partition coefficient (Wildman–Crippen LogP) is 1.67. The fourth-order valence-corrected chi connectivity index (χ4v) is 5.83. The molecule has 0 bridgehead atoms. The average Bonchev–Trinajstić information content (AvgIpc) is 3.06. The fraction of sp³-hybridized carbons (Fsp3) is 0.217. The van der Waals surface area contributed by atoms with E-state index < -0.39 is 40.8 Å². The first-order chi connectivity index (χ1) is 16.3. The molecule has 0 aliphatic carbocycles. The van der Waals surface area contributed by atoms with Gasteiger partial charge in [0, 0.05) is 17.5 Å². The van der Waals surface area contributed by atoms with Crippen molar-refractivity contribution < 1.29 is 38.5 Å². The van der Waals surface area contributed by atoms with Gasteiger partial charge in [0.25, 0.3) is 0 Å². The van der Waals surface area contributed by atoms with Crippen LogP contribution in [0.1, 0.15) is 21.8 Å². The van der Waals surface area contributed by atoms with Crippen LogP contribution in [0.15, 0.2) is 47.0 Å². The van der Waals surface area contributed by atoms with Crippen molar-refractivity contribution in [1.29, 1.82) is 0 Å². The molecule has 3 aliphatic rings. The quantitative estimate of drug-likeness (QED) is 0.376. The maximum Gasteiger partial charge on any atom is 0.342 e. The van der Waals surface area contributed by atoms with Gasteiger partial charge in [-0.05, 0) is 24.3 Å². The van der Waals surface area contributed by atoms with Crippen LogP contribution in [0.2, 0.25) is 0 Å². The summed E-state index contributed by atoms with van der Waals surface area (Å²) in [6, 6.07) is 8.50. The Labute approximate surface area is 197 Å². The molecule has 0 unspecified atom stereocenters. The molecule has 0 aromatic heterocycles. The molecule has 3 aliphatic heterocycles. The molecule has 174 valence electrons. The number of nitrogens with zero attached hydrogens (tertiary/aromatic N) is 1. The molecular formula is C23H18N2O8S. The molecule has 2 aromatic rings. The van der Waals surface area contributed by atoms with Crippen LogP contribution in [0.5, 0.6) is 17.2 Å². The number of anilines is 1. The number of hydrogen-bond acceptors (Lipinski definition) is 10. The van der Waals surface area contributed by atoms with Crippen molar-refractivity contribution in [3.63, 3.8) is 0 Å². The summed E-state index contributed by atoms with van der Waals surface area (Å²) in [5, 5.41) is 9.01. The number of methoxy groups -OCH3 is 2. The van der Waals surface area contributed by atoms with Gasteiger partial charge in [0.2, 0.25) is 11.8 Å². The van der Waals surface area contributed by atoms with Gasteiger partial charge in [0.05, 0.1) is 42.0 Å². The molecule has 3 N–H and O–H groups in total. The number of rotatable bonds is 3. The van der Waals surface area contributed by atoms with E-state index in [9.17, 15) is 24.3 Å². The Bertz CT molecular complexity index is 1320. The van der Waals surface area contributed by atoms with E-state index in [0.717, 1.165) is 16.7 Å². The molecule has 11 heteroatoms. The highest BCUT2D eigenvalue weighted by Gasteiger charge is 2.59. The number of nitrogens with two attached hydrogens (primary N) is 1. The number of carbonyl (C=O) groups is 4. The second-order valence-electron chi connectivity index (χ2n) is 7.82. The van der Waals surface area contributed by atoms with Crippen molar-refractivity contribution >= 4 is 41.2 Å². The van der Waals surface area contributed by atoms with Gasteiger partial charge in [-0.2, -0.15) is 0 Å². The first-order valence-corrected chi connectivity index (χ1v) is 11.0. The number of phenols is 1. The van der Waals surface area contributed by atoms with E-state index in [4.69, 9.17) is 19.9 Å². The standard InChI is InChI=1S/C23H18N2O8S/c1-31-13-6-3-9(22(29)32-2)7-12(13)25-20(27)16-15-11-5-4-10(26)8-14(11)33-23(30)17(15)19(24)34-18(16)21(25)28/h3-8,15-16,18,26H,24H2,1-2H3/t15-,16-,18-/m1/s1. The minimum absolute atomic E-state index is 0.0832. The van der Waals surface area contributed by atoms with Crippen LogP contribution in [0.3, 0.4) is 0 Å². The van der Waals surface area contributed by atoms with Gasteiger partial charge in [-0.3, -0.25) is 9.59 Å². The lowest BCUT2D eigenvalue weighted by Gasteiger charge is -2.36. The summed E-state index contributed by atoms with van der Waals surface area (Å²) in [5.41, 5.74) is 6.95. The number of aromatic hydroxyl groups is 1. The van der Waals surface area contributed by atoms with Gasteiger partial charge in [-0.15, -0.1) is 0 Å². The van der Waals surface area contributed by atoms with Gasteiger partial charge in [-0.25, -0.2) is 14.5 Å². The SMILES string of the molecule is COC(=O)c1ccc(OC)c(N2C(=O)[C@@H]3[C@@H]4C(=C(N)S[C@H]3C2=O)C(=O)Oc2cc(O)ccc24)c1. The summed E-state index contributed by atoms with van der Waals surface area (Å²) in [5.74, 6) is -4.15. The first-order valence-electron chi connectivity index (χ1n) is 10.1. The number of amides is 2. The monoisotopic (exact) mass is 482 g/mol. The Balaban J connectivity index is 1.65. The van der Waals surface area contributed by atoms with Crippen LogP contribution in [-0.2, 0) is 19.1 Å². The lowest BCUT2D eigenvalue weighted by atomic mass is 9.77. The molecule has 2 aromatic carbocycles. The number of hydrogen-bond donors (Lipinski definition) is 2. The van der Waals surface area contributed by atoms with Crippen LogP contribution in [0, 0.1) is 5.92 Å². The molecule has 34 heavy (non-hydrogen) atoms. The summed E-state index contributed by atoms with van der Waals surface area (Å²) in [6.07, 6.45) is 0. The van der Waals surface area contributed by atoms with E-state index in [0.29, 0.717) is 5.56 Å². The number of imide groups is 1. The highest BCUT2D eigenvalue weighted by atomic mass is 32.2. The number of ether oxygens (including phenoxy) is 3. The van der Waals surface area contributed by atoms with Gasteiger partial charge >= 0.3 is 11.9 Å². The normalized spacial score (nSPS) is 23.2. The number of benzene rings is 2. The Hall–Kier alpha value is -3.99. The Kier molecular flexibility index (Phi) is 5.01. The lowest BCUT2D eigenvalue weighted by Crippen LogP contribution is -2.39. The van der Waals surface area contributed by atoms with E-state index in [1.807, 2.05) is 0 Å². The fourth-order valence-electron chi connectivity index (χ4n) is 4.59. The lowest BCUT2D eigenvalue weighted by molar-refractivity contribution is -0.131. The Morgan fingerprint density at radius 1 is 1.12 bits per heavy atom. The molecule has 0 spiro atoms. The van der Waals surface area contributed by atoms with Crippen LogP contribution in [-0.4, -0.2) is 48.3 Å². The van der Waals surface area contributed by atoms with Crippen LogP contribution in [0.25, 0.3) is 0 Å². The highest BCUT2D eigenvalue weighted by molar-refractivity contribution is 8.04. The van der Waals surface area contributed by atoms with Crippen molar-refractivity contribution in [2.75, 3.05) is 19.1 Å². The second kappa shape index (κ2) is 7.80. The topological polar surface area (TPSA) is 145 Å². The summed E-state index contributed by atoms with van der Waals surface area (Å²) in [4.78, 5) is 53.1. The molecule has 3 heterocycles. The zero-order valence-corrected chi connectivity index (χ0v) is 18.8. The summed E-state index contributed by atoms with van der Waals surface area (Å²) in [6.45, 7) is 0. The Morgan fingerprint density at radius 3 is 2.59 bits per heavy atom.